The zero-order chi connectivity index (χ0) is 13.3. The number of ketones is 1. The summed E-state index contributed by atoms with van der Waals surface area (Å²) in [6.07, 6.45) is 4.06. The second-order valence-corrected chi connectivity index (χ2v) is 5.42. The second kappa shape index (κ2) is 5.79. The Morgan fingerprint density at radius 1 is 1.21 bits per heavy atom. The molecule has 0 bridgehead atoms. The molecule has 0 saturated heterocycles. The standard InChI is InChI=1S/C16H21NO.ClH/c1-5-10-16(2)14(17(3)4)11-12-8-6-7-9-13(12)15(16)18;/h6-9,11H,5,10H2,1-4H3;1H. The van der Waals surface area contributed by atoms with Gasteiger partial charge in [0.15, 0.2) is 5.78 Å². The lowest BCUT2D eigenvalue weighted by molar-refractivity contribution is 0.0814. The SMILES string of the molecule is CCCC1(C)C(=O)c2ccccc2C=C1N(C)C.Cl. The first-order chi connectivity index (χ1) is 8.50. The van der Waals surface area contributed by atoms with Gasteiger partial charge in [0, 0.05) is 25.4 Å². The Labute approximate surface area is 121 Å². The van der Waals surface area contributed by atoms with Gasteiger partial charge in [0.05, 0.1) is 5.41 Å². The highest BCUT2D eigenvalue weighted by Gasteiger charge is 2.41. The minimum Gasteiger partial charge on any atom is -0.380 e. The van der Waals surface area contributed by atoms with Gasteiger partial charge in [0.2, 0.25) is 0 Å². The fourth-order valence-electron chi connectivity index (χ4n) is 2.91. The van der Waals surface area contributed by atoms with Crippen LogP contribution in [0, 0.1) is 5.41 Å². The molecule has 1 atom stereocenters. The van der Waals surface area contributed by atoms with Gasteiger partial charge in [0.1, 0.15) is 0 Å². The maximum atomic E-state index is 12.8. The molecule has 0 N–H and O–H groups in total. The molecule has 0 fully saturated rings. The average Bonchev–Trinajstić information content (AvgIpc) is 2.34. The molecule has 1 unspecified atom stereocenters. The van der Waals surface area contributed by atoms with E-state index in [1.54, 1.807) is 0 Å². The maximum absolute atomic E-state index is 12.8. The van der Waals surface area contributed by atoms with Gasteiger partial charge in [-0.2, -0.15) is 0 Å². The van der Waals surface area contributed by atoms with Gasteiger partial charge in [0.25, 0.3) is 0 Å². The van der Waals surface area contributed by atoms with E-state index >= 15 is 0 Å². The second-order valence-electron chi connectivity index (χ2n) is 5.42. The Kier molecular flexibility index (Phi) is 4.81. The van der Waals surface area contributed by atoms with Crippen LogP contribution in [-0.4, -0.2) is 24.8 Å². The van der Waals surface area contributed by atoms with E-state index in [9.17, 15) is 4.79 Å². The van der Waals surface area contributed by atoms with E-state index in [2.05, 4.69) is 24.8 Å². The smallest absolute Gasteiger partial charge is 0.175 e. The Bertz CT molecular complexity index is 507. The average molecular weight is 280 g/mol. The first kappa shape index (κ1) is 15.8. The van der Waals surface area contributed by atoms with Crippen LogP contribution >= 0.6 is 12.4 Å². The summed E-state index contributed by atoms with van der Waals surface area (Å²) in [5, 5.41) is 0. The van der Waals surface area contributed by atoms with Crippen molar-refractivity contribution in [2.24, 2.45) is 5.41 Å². The number of carbonyl (C=O) groups excluding carboxylic acids is 1. The van der Waals surface area contributed by atoms with Crippen LogP contribution in [0.2, 0.25) is 0 Å². The minimum atomic E-state index is -0.382. The number of hydrogen-bond acceptors (Lipinski definition) is 2. The first-order valence-corrected chi connectivity index (χ1v) is 6.54. The van der Waals surface area contributed by atoms with Gasteiger partial charge in [-0.05, 0) is 25.0 Å². The van der Waals surface area contributed by atoms with Crippen molar-refractivity contribution in [1.82, 2.24) is 4.90 Å². The number of Topliss-reactive ketones (excluding diaryl/α,β-unsaturated/α-hetero) is 1. The molecule has 0 saturated carbocycles. The fraction of sp³-hybridized carbons (Fsp3) is 0.438. The molecular weight excluding hydrogens is 258 g/mol. The van der Waals surface area contributed by atoms with Crippen LogP contribution in [0.15, 0.2) is 30.0 Å². The number of allylic oxidation sites excluding steroid dienone is 1. The normalized spacial score (nSPS) is 21.3. The topological polar surface area (TPSA) is 20.3 Å². The molecule has 0 aliphatic heterocycles. The molecule has 0 amide bonds. The molecule has 1 aromatic rings. The van der Waals surface area contributed by atoms with Gasteiger partial charge >= 0.3 is 0 Å². The Morgan fingerprint density at radius 3 is 2.42 bits per heavy atom. The highest BCUT2D eigenvalue weighted by molar-refractivity contribution is 6.07. The monoisotopic (exact) mass is 279 g/mol. The largest absolute Gasteiger partial charge is 0.380 e. The van der Waals surface area contributed by atoms with Gasteiger partial charge in [-0.25, -0.2) is 0 Å². The molecule has 2 nitrogen and oxygen atoms in total. The number of benzene rings is 1. The lowest BCUT2D eigenvalue weighted by Crippen LogP contribution is -2.38. The van der Waals surface area contributed by atoms with Gasteiger partial charge in [-0.1, -0.05) is 37.6 Å². The molecule has 0 radical (unpaired) electrons. The molecule has 1 aliphatic rings. The van der Waals surface area contributed by atoms with Crippen LogP contribution in [0.4, 0.5) is 0 Å². The molecule has 0 aromatic heterocycles. The Balaban J connectivity index is 0.00000180. The van der Waals surface area contributed by atoms with Crippen molar-refractivity contribution < 1.29 is 4.79 Å². The molecule has 0 heterocycles. The van der Waals surface area contributed by atoms with Crippen LogP contribution in [0.1, 0.15) is 42.6 Å². The lowest BCUT2D eigenvalue weighted by atomic mass is 9.71. The number of rotatable bonds is 3. The summed E-state index contributed by atoms with van der Waals surface area (Å²) < 4.78 is 0. The number of halogens is 1. The van der Waals surface area contributed by atoms with Gasteiger partial charge in [-0.3, -0.25) is 4.79 Å². The van der Waals surface area contributed by atoms with Crippen molar-refractivity contribution in [3.63, 3.8) is 0 Å². The molecular formula is C16H22ClNO. The third kappa shape index (κ3) is 2.55. The third-order valence-electron chi connectivity index (χ3n) is 3.80. The molecule has 1 aliphatic carbocycles. The van der Waals surface area contributed by atoms with Crippen LogP contribution in [0.25, 0.3) is 6.08 Å². The van der Waals surface area contributed by atoms with E-state index < -0.39 is 0 Å². The van der Waals surface area contributed by atoms with E-state index in [1.807, 2.05) is 38.4 Å². The van der Waals surface area contributed by atoms with Crippen molar-refractivity contribution in [2.45, 2.75) is 26.7 Å². The number of fused-ring (bicyclic) bond motifs is 1. The minimum absolute atomic E-state index is 0. The number of hydrogen-bond donors (Lipinski definition) is 0. The van der Waals surface area contributed by atoms with Crippen molar-refractivity contribution in [3.05, 3.63) is 41.1 Å². The van der Waals surface area contributed by atoms with Crippen LogP contribution < -0.4 is 0 Å². The van der Waals surface area contributed by atoms with Crippen LogP contribution in [0.5, 0.6) is 0 Å². The summed E-state index contributed by atoms with van der Waals surface area (Å²) in [7, 11) is 4.03. The molecule has 0 spiro atoms. The van der Waals surface area contributed by atoms with Crippen molar-refractivity contribution >= 4 is 24.3 Å². The number of nitrogens with zero attached hydrogens (tertiary/aromatic N) is 1. The highest BCUT2D eigenvalue weighted by Crippen LogP contribution is 2.42. The quantitative estimate of drug-likeness (QED) is 0.833. The van der Waals surface area contributed by atoms with Crippen LogP contribution in [0.3, 0.4) is 0 Å². The summed E-state index contributed by atoms with van der Waals surface area (Å²) in [5.74, 6) is 0.256. The van der Waals surface area contributed by atoms with Crippen LogP contribution in [-0.2, 0) is 0 Å². The van der Waals surface area contributed by atoms with Gasteiger partial charge in [-0.15, -0.1) is 12.4 Å². The zero-order valence-corrected chi connectivity index (χ0v) is 12.9. The Morgan fingerprint density at radius 2 is 1.84 bits per heavy atom. The van der Waals surface area contributed by atoms with E-state index in [-0.39, 0.29) is 23.6 Å². The predicted molar refractivity (Wildman–Crippen MR) is 82.7 cm³/mol. The van der Waals surface area contributed by atoms with Crippen molar-refractivity contribution in [2.75, 3.05) is 14.1 Å². The zero-order valence-electron chi connectivity index (χ0n) is 12.1. The van der Waals surface area contributed by atoms with E-state index in [1.165, 1.54) is 0 Å². The lowest BCUT2D eigenvalue weighted by Gasteiger charge is -2.38. The van der Waals surface area contributed by atoms with E-state index in [4.69, 9.17) is 0 Å². The van der Waals surface area contributed by atoms with E-state index in [0.29, 0.717) is 0 Å². The van der Waals surface area contributed by atoms with E-state index in [0.717, 1.165) is 29.7 Å². The Hall–Kier alpha value is -1.28. The van der Waals surface area contributed by atoms with Crippen molar-refractivity contribution in [1.29, 1.82) is 0 Å². The molecule has 19 heavy (non-hydrogen) atoms. The molecule has 104 valence electrons. The summed E-state index contributed by atoms with van der Waals surface area (Å²) in [5.41, 5.74) is 2.64. The van der Waals surface area contributed by atoms with Gasteiger partial charge < -0.3 is 4.90 Å². The predicted octanol–water partition coefficient (Wildman–Crippen LogP) is 4.01. The van der Waals surface area contributed by atoms with Crippen molar-refractivity contribution in [3.8, 4) is 0 Å². The molecule has 1 aromatic carbocycles. The molecule has 3 heteroatoms. The maximum Gasteiger partial charge on any atom is 0.175 e. The third-order valence-corrected chi connectivity index (χ3v) is 3.80. The summed E-state index contributed by atoms with van der Waals surface area (Å²) in [4.78, 5) is 14.8. The highest BCUT2D eigenvalue weighted by atomic mass is 35.5. The fourth-order valence-corrected chi connectivity index (χ4v) is 2.91. The molecule has 2 rings (SSSR count). The number of carbonyl (C=O) groups is 1. The first-order valence-electron chi connectivity index (χ1n) is 6.54. The summed E-state index contributed by atoms with van der Waals surface area (Å²) in [6.45, 7) is 4.20. The summed E-state index contributed by atoms with van der Waals surface area (Å²) in [6, 6.07) is 7.88. The summed E-state index contributed by atoms with van der Waals surface area (Å²) >= 11 is 0.